The molecule has 1 aromatic heterocycles. The number of benzene rings is 8. The Morgan fingerprint density at radius 3 is 1.95 bits per heavy atom. The molecular formula is C40H24O. The summed E-state index contributed by atoms with van der Waals surface area (Å²) in [5.74, 6) is 0. The molecule has 1 heterocycles. The third-order valence-corrected chi connectivity index (χ3v) is 8.29. The van der Waals surface area contributed by atoms with Crippen molar-refractivity contribution in [2.24, 2.45) is 0 Å². The minimum Gasteiger partial charge on any atom is -0.456 e. The summed E-state index contributed by atoms with van der Waals surface area (Å²) in [6, 6.07) is 38.3. The summed E-state index contributed by atoms with van der Waals surface area (Å²) in [5.41, 5.74) is 7.14. The first kappa shape index (κ1) is 18.0. The molecule has 0 aliphatic carbocycles. The van der Waals surface area contributed by atoms with Crippen LogP contribution in [-0.4, -0.2) is 0 Å². The summed E-state index contributed by atoms with van der Waals surface area (Å²) in [6.07, 6.45) is 0. The van der Waals surface area contributed by atoms with E-state index in [-0.39, 0.29) is 35.8 Å². The fourth-order valence-corrected chi connectivity index (χ4v) is 6.36. The molecule has 41 heavy (non-hydrogen) atoms. The normalized spacial score (nSPS) is 13.6. The first-order valence-corrected chi connectivity index (χ1v) is 13.7. The lowest BCUT2D eigenvalue weighted by Crippen LogP contribution is -1.88. The summed E-state index contributed by atoms with van der Waals surface area (Å²) in [7, 11) is 0. The number of para-hydroxylation sites is 1. The smallest absolute Gasteiger partial charge is 0.135 e. The van der Waals surface area contributed by atoms with Crippen molar-refractivity contribution in [2.75, 3.05) is 0 Å². The van der Waals surface area contributed by atoms with Crippen molar-refractivity contribution < 1.29 is 11.3 Å². The minimum absolute atomic E-state index is 0.192. The molecule has 0 atom stereocenters. The van der Waals surface area contributed by atoms with Crippen molar-refractivity contribution in [3.8, 4) is 33.4 Å². The average molecular weight is 526 g/mol. The molecule has 1 nitrogen and oxygen atoms in total. The number of rotatable bonds is 3. The van der Waals surface area contributed by atoms with Crippen LogP contribution < -0.4 is 0 Å². The molecule has 0 spiro atoms. The van der Waals surface area contributed by atoms with Crippen LogP contribution in [0.25, 0.3) is 87.6 Å². The maximum absolute atomic E-state index is 8.51. The van der Waals surface area contributed by atoms with E-state index in [0.717, 1.165) is 76.5 Å². The standard InChI is InChI=1S/C40H24O/c1-2-6-25(7-3-1)32-22-30-15-14-28-16-19-33(35-20-17-31(23-32)39(30)40(28)35)27-12-10-26(11-13-27)29-18-21-38-36(24-29)34-8-4-5-9-37(34)41-38/h1-24H/i1D,2D,3D,6D,7D. The van der Waals surface area contributed by atoms with Crippen molar-refractivity contribution in [1.29, 1.82) is 0 Å². The highest BCUT2D eigenvalue weighted by Gasteiger charge is 2.14. The lowest BCUT2D eigenvalue weighted by molar-refractivity contribution is 0.669. The van der Waals surface area contributed by atoms with E-state index in [1.54, 1.807) is 0 Å². The van der Waals surface area contributed by atoms with E-state index in [2.05, 4.69) is 78.9 Å². The van der Waals surface area contributed by atoms with Crippen LogP contribution in [0, 0.1) is 0 Å². The monoisotopic (exact) mass is 525 g/mol. The van der Waals surface area contributed by atoms with Crippen LogP contribution in [0.15, 0.2) is 150 Å². The molecule has 0 N–H and O–H groups in total. The van der Waals surface area contributed by atoms with E-state index in [9.17, 15) is 0 Å². The predicted molar refractivity (Wildman–Crippen MR) is 174 cm³/mol. The summed E-state index contributed by atoms with van der Waals surface area (Å²) >= 11 is 0. The van der Waals surface area contributed by atoms with E-state index in [1.807, 2.05) is 36.4 Å². The van der Waals surface area contributed by atoms with Gasteiger partial charge in [-0.05, 0) is 96.0 Å². The van der Waals surface area contributed by atoms with Crippen molar-refractivity contribution in [1.82, 2.24) is 0 Å². The molecule has 9 aromatic rings. The molecule has 0 unspecified atom stereocenters. The fourth-order valence-electron chi connectivity index (χ4n) is 6.36. The molecule has 0 fully saturated rings. The molecule has 0 saturated heterocycles. The summed E-state index contributed by atoms with van der Waals surface area (Å²) in [4.78, 5) is 0. The van der Waals surface area contributed by atoms with Gasteiger partial charge >= 0.3 is 0 Å². The van der Waals surface area contributed by atoms with Gasteiger partial charge in [0, 0.05) is 10.8 Å². The molecule has 190 valence electrons. The Morgan fingerprint density at radius 1 is 0.415 bits per heavy atom. The van der Waals surface area contributed by atoms with Crippen molar-refractivity contribution in [3.63, 3.8) is 0 Å². The molecule has 1 heteroatoms. The second kappa shape index (κ2) is 8.55. The Labute approximate surface area is 244 Å². The highest BCUT2D eigenvalue weighted by molar-refractivity contribution is 6.26. The van der Waals surface area contributed by atoms with Gasteiger partial charge in [-0.2, -0.15) is 0 Å². The van der Waals surface area contributed by atoms with Crippen LogP contribution in [0.4, 0.5) is 0 Å². The first-order valence-electron chi connectivity index (χ1n) is 16.2. The number of hydrogen-bond acceptors (Lipinski definition) is 1. The van der Waals surface area contributed by atoms with Gasteiger partial charge in [0.15, 0.2) is 0 Å². The largest absolute Gasteiger partial charge is 0.456 e. The van der Waals surface area contributed by atoms with Crippen LogP contribution >= 0.6 is 0 Å². The van der Waals surface area contributed by atoms with Crippen LogP contribution in [-0.2, 0) is 0 Å². The van der Waals surface area contributed by atoms with E-state index in [0.29, 0.717) is 5.56 Å². The summed E-state index contributed by atoms with van der Waals surface area (Å²) in [6.45, 7) is 0. The molecule has 0 aliphatic rings. The molecular weight excluding hydrogens is 496 g/mol. The Bertz CT molecular complexity index is 2640. The molecule has 0 radical (unpaired) electrons. The predicted octanol–water partition coefficient (Wildman–Crippen LogP) is 11.5. The lowest BCUT2D eigenvalue weighted by atomic mass is 9.88. The molecule has 0 aliphatic heterocycles. The van der Waals surface area contributed by atoms with Crippen LogP contribution in [0.2, 0.25) is 0 Å². The molecule has 0 amide bonds. The zero-order valence-electron chi connectivity index (χ0n) is 26.9. The molecule has 8 aromatic carbocycles. The number of furan rings is 1. The maximum Gasteiger partial charge on any atom is 0.135 e. The van der Waals surface area contributed by atoms with Crippen molar-refractivity contribution in [2.45, 2.75) is 0 Å². The van der Waals surface area contributed by atoms with Gasteiger partial charge in [0.1, 0.15) is 11.2 Å². The number of fused-ring (bicyclic) bond motifs is 3. The van der Waals surface area contributed by atoms with Crippen LogP contribution in [0.1, 0.15) is 6.85 Å². The lowest BCUT2D eigenvalue weighted by Gasteiger charge is -2.16. The van der Waals surface area contributed by atoms with Gasteiger partial charge in [-0.1, -0.05) is 115 Å². The maximum atomic E-state index is 8.51. The molecule has 0 saturated carbocycles. The molecule has 9 rings (SSSR count). The SMILES string of the molecule is [2H]c1c([2H])c([2H])c(-c2cc3ccc4ccc(-c5ccc(-c6ccc7oc8ccccc8c7c6)cc5)c5ccc(c2)c3c45)c([2H])c1[2H]. The van der Waals surface area contributed by atoms with Crippen molar-refractivity contribution in [3.05, 3.63) is 145 Å². The second-order valence-electron chi connectivity index (χ2n) is 10.6. The fraction of sp³-hybridized carbons (Fsp3) is 0. The van der Waals surface area contributed by atoms with E-state index >= 15 is 0 Å². The van der Waals surface area contributed by atoms with Gasteiger partial charge in [0.25, 0.3) is 0 Å². The third kappa shape index (κ3) is 3.43. The average Bonchev–Trinajstić information content (AvgIpc) is 3.47. The minimum atomic E-state index is -0.385. The van der Waals surface area contributed by atoms with Gasteiger partial charge in [-0.25, -0.2) is 0 Å². The van der Waals surface area contributed by atoms with E-state index < -0.39 is 0 Å². The van der Waals surface area contributed by atoms with E-state index in [1.165, 1.54) is 0 Å². The highest BCUT2D eigenvalue weighted by Crippen LogP contribution is 2.41. The summed E-state index contributed by atoms with van der Waals surface area (Å²) in [5, 5.41) is 8.68. The van der Waals surface area contributed by atoms with Gasteiger partial charge in [0.05, 0.1) is 6.85 Å². The molecule has 0 bridgehead atoms. The Kier molecular flexibility index (Phi) is 3.76. The summed E-state index contributed by atoms with van der Waals surface area (Å²) < 4.78 is 47.4. The number of hydrogen-bond donors (Lipinski definition) is 0. The van der Waals surface area contributed by atoms with Gasteiger partial charge in [-0.15, -0.1) is 0 Å². The Hall–Kier alpha value is -5.40. The third-order valence-electron chi connectivity index (χ3n) is 8.29. The van der Waals surface area contributed by atoms with Gasteiger partial charge < -0.3 is 4.42 Å². The quantitative estimate of drug-likeness (QED) is 0.209. The van der Waals surface area contributed by atoms with Crippen molar-refractivity contribution >= 4 is 54.3 Å². The highest BCUT2D eigenvalue weighted by atomic mass is 16.3. The second-order valence-corrected chi connectivity index (χ2v) is 10.6. The van der Waals surface area contributed by atoms with Gasteiger partial charge in [0.2, 0.25) is 0 Å². The Morgan fingerprint density at radius 2 is 1.10 bits per heavy atom. The van der Waals surface area contributed by atoms with Crippen LogP contribution in [0.5, 0.6) is 0 Å². The zero-order chi connectivity index (χ0) is 31.3. The van der Waals surface area contributed by atoms with E-state index in [4.69, 9.17) is 11.3 Å². The zero-order valence-corrected chi connectivity index (χ0v) is 21.9. The Balaban J connectivity index is 1.16. The topological polar surface area (TPSA) is 13.1 Å². The first-order chi connectivity index (χ1) is 22.4. The van der Waals surface area contributed by atoms with Crippen LogP contribution in [0.3, 0.4) is 0 Å². The van der Waals surface area contributed by atoms with Gasteiger partial charge in [-0.3, -0.25) is 0 Å².